The molecule has 2 unspecified atom stereocenters. The zero-order chi connectivity index (χ0) is 14.8. The lowest BCUT2D eigenvalue weighted by molar-refractivity contribution is 0.412. The van der Waals surface area contributed by atoms with Crippen molar-refractivity contribution < 1.29 is 9.13 Å². The monoisotopic (exact) mass is 303 g/mol. The van der Waals surface area contributed by atoms with Crippen LogP contribution in [0.25, 0.3) is 0 Å². The van der Waals surface area contributed by atoms with Gasteiger partial charge in [-0.05, 0) is 48.2 Å². The van der Waals surface area contributed by atoms with Gasteiger partial charge in [0.15, 0.2) is 0 Å². The van der Waals surface area contributed by atoms with Gasteiger partial charge in [0.05, 0.1) is 7.11 Å². The number of halogens is 1. The van der Waals surface area contributed by atoms with Crippen LogP contribution >= 0.6 is 11.8 Å². The molecule has 2 N–H and O–H groups in total. The molecule has 21 heavy (non-hydrogen) atoms. The maximum absolute atomic E-state index is 13.8. The topological polar surface area (TPSA) is 35.2 Å². The Labute approximate surface area is 128 Å². The van der Waals surface area contributed by atoms with E-state index in [1.807, 2.05) is 24.3 Å². The Morgan fingerprint density at radius 1 is 1.24 bits per heavy atom. The Bertz CT molecular complexity index is 646. The number of fused-ring (bicyclic) bond motifs is 1. The lowest BCUT2D eigenvalue weighted by atomic mass is 9.87. The van der Waals surface area contributed by atoms with E-state index in [1.54, 1.807) is 13.2 Å². The second-order valence-electron chi connectivity index (χ2n) is 5.22. The van der Waals surface area contributed by atoms with E-state index in [2.05, 4.69) is 6.07 Å². The standard InChI is InChI=1S/C17H18FNOS/c1-20-12-8-6-11-7-9-16(17(19)13(11)10-12)21-15-5-3-2-4-14(15)18/h2-6,8,10,16-17H,7,9,19H2,1H3. The van der Waals surface area contributed by atoms with Crippen LogP contribution in [0.1, 0.15) is 23.6 Å². The molecule has 0 fully saturated rings. The van der Waals surface area contributed by atoms with E-state index in [1.165, 1.54) is 23.4 Å². The number of benzene rings is 2. The summed E-state index contributed by atoms with van der Waals surface area (Å²) in [6.45, 7) is 0. The Balaban J connectivity index is 1.85. The fourth-order valence-corrected chi connectivity index (χ4v) is 3.94. The van der Waals surface area contributed by atoms with Crippen LogP contribution in [0.3, 0.4) is 0 Å². The van der Waals surface area contributed by atoms with Crippen molar-refractivity contribution in [3.63, 3.8) is 0 Å². The summed E-state index contributed by atoms with van der Waals surface area (Å²) in [5.41, 5.74) is 8.81. The maximum Gasteiger partial charge on any atom is 0.136 e. The minimum atomic E-state index is -0.175. The van der Waals surface area contributed by atoms with E-state index in [0.29, 0.717) is 4.90 Å². The summed E-state index contributed by atoms with van der Waals surface area (Å²) in [7, 11) is 1.65. The molecule has 110 valence electrons. The highest BCUT2D eigenvalue weighted by atomic mass is 32.2. The molecule has 2 atom stereocenters. The lowest BCUT2D eigenvalue weighted by Crippen LogP contribution is -2.29. The number of rotatable bonds is 3. The van der Waals surface area contributed by atoms with Gasteiger partial charge in [0, 0.05) is 16.2 Å². The summed E-state index contributed by atoms with van der Waals surface area (Å²) < 4.78 is 19.1. The molecular weight excluding hydrogens is 285 g/mol. The Morgan fingerprint density at radius 2 is 2.05 bits per heavy atom. The average molecular weight is 303 g/mol. The van der Waals surface area contributed by atoms with Gasteiger partial charge in [-0.15, -0.1) is 11.8 Å². The van der Waals surface area contributed by atoms with E-state index in [9.17, 15) is 4.39 Å². The number of nitrogens with two attached hydrogens (primary N) is 1. The van der Waals surface area contributed by atoms with E-state index in [-0.39, 0.29) is 17.1 Å². The quantitative estimate of drug-likeness (QED) is 0.932. The molecule has 4 heteroatoms. The average Bonchev–Trinajstić information content (AvgIpc) is 2.52. The predicted octanol–water partition coefficient (Wildman–Crippen LogP) is 3.94. The van der Waals surface area contributed by atoms with Crippen molar-refractivity contribution in [3.8, 4) is 5.75 Å². The first-order chi connectivity index (χ1) is 10.2. The van der Waals surface area contributed by atoms with Gasteiger partial charge in [-0.3, -0.25) is 0 Å². The van der Waals surface area contributed by atoms with Crippen LogP contribution in [0.5, 0.6) is 5.75 Å². The summed E-state index contributed by atoms with van der Waals surface area (Å²) in [5.74, 6) is 0.645. The zero-order valence-corrected chi connectivity index (χ0v) is 12.7. The first-order valence-corrected chi connectivity index (χ1v) is 7.90. The van der Waals surface area contributed by atoms with Crippen molar-refractivity contribution >= 4 is 11.8 Å². The van der Waals surface area contributed by atoms with Crippen LogP contribution in [0.15, 0.2) is 47.4 Å². The van der Waals surface area contributed by atoms with Gasteiger partial charge >= 0.3 is 0 Å². The molecule has 1 aliphatic rings. The van der Waals surface area contributed by atoms with Gasteiger partial charge in [0.2, 0.25) is 0 Å². The van der Waals surface area contributed by atoms with Crippen LogP contribution in [-0.2, 0) is 6.42 Å². The fourth-order valence-electron chi connectivity index (χ4n) is 2.75. The highest BCUT2D eigenvalue weighted by molar-refractivity contribution is 8.00. The largest absolute Gasteiger partial charge is 0.497 e. The van der Waals surface area contributed by atoms with Gasteiger partial charge in [-0.2, -0.15) is 0 Å². The maximum atomic E-state index is 13.8. The van der Waals surface area contributed by atoms with Gasteiger partial charge in [-0.1, -0.05) is 18.2 Å². The lowest BCUT2D eigenvalue weighted by Gasteiger charge is -2.31. The minimum absolute atomic E-state index is 0.103. The van der Waals surface area contributed by atoms with Crippen molar-refractivity contribution in [2.24, 2.45) is 5.73 Å². The Morgan fingerprint density at radius 3 is 2.81 bits per heavy atom. The Hall–Kier alpha value is -1.52. The molecule has 2 aromatic carbocycles. The second kappa shape index (κ2) is 6.08. The molecule has 1 aliphatic carbocycles. The molecule has 3 rings (SSSR count). The van der Waals surface area contributed by atoms with Gasteiger partial charge in [0.1, 0.15) is 11.6 Å². The third-order valence-corrected chi connectivity index (χ3v) is 5.34. The SMILES string of the molecule is COc1ccc2c(c1)C(N)C(Sc1ccccc1F)CC2. The number of methoxy groups -OCH3 is 1. The van der Waals surface area contributed by atoms with Crippen LogP contribution in [0.2, 0.25) is 0 Å². The van der Waals surface area contributed by atoms with Crippen molar-refractivity contribution in [2.45, 2.75) is 29.0 Å². The van der Waals surface area contributed by atoms with Crippen molar-refractivity contribution in [2.75, 3.05) is 7.11 Å². The van der Waals surface area contributed by atoms with Crippen molar-refractivity contribution in [1.82, 2.24) is 0 Å². The zero-order valence-electron chi connectivity index (χ0n) is 11.9. The molecule has 0 spiro atoms. The van der Waals surface area contributed by atoms with Crippen LogP contribution in [-0.4, -0.2) is 12.4 Å². The first-order valence-electron chi connectivity index (χ1n) is 7.02. The summed E-state index contributed by atoms with van der Waals surface area (Å²) in [6.07, 6.45) is 1.93. The summed E-state index contributed by atoms with van der Waals surface area (Å²) >= 11 is 1.54. The van der Waals surface area contributed by atoms with Crippen LogP contribution < -0.4 is 10.5 Å². The Kier molecular flexibility index (Phi) is 4.17. The number of hydrogen-bond donors (Lipinski definition) is 1. The molecule has 0 amide bonds. The summed E-state index contributed by atoms with van der Waals surface area (Å²) in [5, 5.41) is 0.182. The molecular formula is C17H18FNOS. The van der Waals surface area contributed by atoms with Gasteiger partial charge in [-0.25, -0.2) is 4.39 Å². The van der Waals surface area contributed by atoms with Crippen LogP contribution in [0.4, 0.5) is 4.39 Å². The number of aryl methyl sites for hydroxylation is 1. The molecule has 0 bridgehead atoms. The highest BCUT2D eigenvalue weighted by Gasteiger charge is 2.28. The molecule has 2 nitrogen and oxygen atoms in total. The smallest absolute Gasteiger partial charge is 0.136 e. The molecule has 0 aromatic heterocycles. The number of hydrogen-bond acceptors (Lipinski definition) is 3. The first kappa shape index (κ1) is 14.4. The molecule has 2 aromatic rings. The van der Waals surface area contributed by atoms with Crippen LogP contribution in [0, 0.1) is 5.82 Å². The van der Waals surface area contributed by atoms with E-state index >= 15 is 0 Å². The normalized spacial score (nSPS) is 20.9. The van der Waals surface area contributed by atoms with E-state index < -0.39 is 0 Å². The second-order valence-corrected chi connectivity index (χ2v) is 6.50. The highest BCUT2D eigenvalue weighted by Crippen LogP contribution is 2.40. The van der Waals surface area contributed by atoms with Crippen molar-refractivity contribution in [3.05, 3.63) is 59.4 Å². The number of thioether (sulfide) groups is 1. The predicted molar refractivity (Wildman–Crippen MR) is 84.3 cm³/mol. The van der Waals surface area contributed by atoms with E-state index in [0.717, 1.165) is 24.2 Å². The van der Waals surface area contributed by atoms with Gasteiger partial charge in [0.25, 0.3) is 0 Å². The molecule has 0 saturated heterocycles. The third kappa shape index (κ3) is 2.92. The molecule has 0 radical (unpaired) electrons. The molecule has 0 heterocycles. The summed E-state index contributed by atoms with van der Waals surface area (Å²) in [6, 6.07) is 12.8. The fraction of sp³-hybridized carbons (Fsp3) is 0.294. The van der Waals surface area contributed by atoms with E-state index in [4.69, 9.17) is 10.5 Å². The molecule has 0 saturated carbocycles. The van der Waals surface area contributed by atoms with Crippen molar-refractivity contribution in [1.29, 1.82) is 0 Å². The summed E-state index contributed by atoms with van der Waals surface area (Å²) in [4.78, 5) is 0.671. The minimum Gasteiger partial charge on any atom is -0.497 e. The molecule has 0 aliphatic heterocycles. The van der Waals surface area contributed by atoms with Gasteiger partial charge < -0.3 is 10.5 Å². The third-order valence-electron chi connectivity index (χ3n) is 3.93. The number of ether oxygens (including phenoxy) is 1.